The molecule has 1 atom stereocenters. The number of halogens is 1. The van der Waals surface area contributed by atoms with Crippen LogP contribution in [0.1, 0.15) is 19.3 Å². The molecule has 1 unspecified atom stereocenters. The Morgan fingerprint density at radius 2 is 1.88 bits per heavy atom. The van der Waals surface area contributed by atoms with Crippen molar-refractivity contribution in [2.75, 3.05) is 26.2 Å². The SMILES string of the molecule is Cl.O=C(CCOc1ccccc1-c1ccccc1)NCC1CCCNC1. The van der Waals surface area contributed by atoms with Gasteiger partial charge in [-0.25, -0.2) is 0 Å². The molecule has 1 aliphatic heterocycles. The van der Waals surface area contributed by atoms with Crippen LogP contribution in [0.3, 0.4) is 0 Å². The summed E-state index contributed by atoms with van der Waals surface area (Å²) < 4.78 is 5.88. The van der Waals surface area contributed by atoms with Gasteiger partial charge in [-0.2, -0.15) is 0 Å². The molecule has 2 aromatic carbocycles. The number of carbonyl (C=O) groups is 1. The normalized spacial score (nSPS) is 16.4. The van der Waals surface area contributed by atoms with Crippen molar-refractivity contribution < 1.29 is 9.53 Å². The van der Waals surface area contributed by atoms with E-state index in [1.165, 1.54) is 12.8 Å². The Labute approximate surface area is 161 Å². The molecule has 0 bridgehead atoms. The highest BCUT2D eigenvalue weighted by Gasteiger charge is 2.14. The van der Waals surface area contributed by atoms with E-state index in [-0.39, 0.29) is 18.3 Å². The molecule has 5 heteroatoms. The van der Waals surface area contributed by atoms with Crippen LogP contribution in [-0.2, 0) is 4.79 Å². The fourth-order valence-electron chi connectivity index (χ4n) is 3.15. The summed E-state index contributed by atoms with van der Waals surface area (Å²) in [5, 5.41) is 6.40. The van der Waals surface area contributed by atoms with Crippen molar-refractivity contribution in [2.45, 2.75) is 19.3 Å². The van der Waals surface area contributed by atoms with Gasteiger partial charge in [0.05, 0.1) is 13.0 Å². The standard InChI is InChI=1S/C21H26N2O2.ClH/c24-21(23-16-17-7-6-13-22-15-17)12-14-25-20-11-5-4-10-19(20)18-8-2-1-3-9-18;/h1-5,8-11,17,22H,6-7,12-16H2,(H,23,24);1H. The van der Waals surface area contributed by atoms with Crippen LogP contribution in [0.25, 0.3) is 11.1 Å². The molecule has 1 fully saturated rings. The first-order valence-electron chi connectivity index (χ1n) is 9.07. The molecular formula is C21H27ClN2O2. The average molecular weight is 375 g/mol. The second-order valence-electron chi connectivity index (χ2n) is 6.48. The fraction of sp³-hybridized carbons (Fsp3) is 0.381. The lowest BCUT2D eigenvalue weighted by Crippen LogP contribution is -2.38. The van der Waals surface area contributed by atoms with Crippen LogP contribution in [0, 0.1) is 5.92 Å². The highest BCUT2D eigenvalue weighted by Crippen LogP contribution is 2.29. The largest absolute Gasteiger partial charge is 0.492 e. The summed E-state index contributed by atoms with van der Waals surface area (Å²) in [5.74, 6) is 1.43. The van der Waals surface area contributed by atoms with E-state index >= 15 is 0 Å². The molecule has 0 spiro atoms. The average Bonchev–Trinajstić information content (AvgIpc) is 2.68. The van der Waals surface area contributed by atoms with E-state index in [1.54, 1.807) is 0 Å². The second kappa shape index (κ2) is 10.8. The lowest BCUT2D eigenvalue weighted by molar-refractivity contribution is -0.121. The summed E-state index contributed by atoms with van der Waals surface area (Å²) in [6.07, 6.45) is 2.76. The molecule has 26 heavy (non-hydrogen) atoms. The molecule has 4 nitrogen and oxygen atoms in total. The van der Waals surface area contributed by atoms with Crippen molar-refractivity contribution in [1.29, 1.82) is 0 Å². The Morgan fingerprint density at radius 1 is 1.12 bits per heavy atom. The summed E-state index contributed by atoms with van der Waals surface area (Å²) in [7, 11) is 0. The number of hydrogen-bond acceptors (Lipinski definition) is 3. The third-order valence-corrected chi connectivity index (χ3v) is 4.55. The summed E-state index contributed by atoms with van der Waals surface area (Å²) >= 11 is 0. The number of piperidine rings is 1. The zero-order chi connectivity index (χ0) is 17.3. The quantitative estimate of drug-likeness (QED) is 0.777. The number of carbonyl (C=O) groups excluding carboxylic acids is 1. The number of amides is 1. The minimum absolute atomic E-state index is 0. The van der Waals surface area contributed by atoms with E-state index in [4.69, 9.17) is 4.74 Å². The number of ether oxygens (including phenoxy) is 1. The van der Waals surface area contributed by atoms with Crippen LogP contribution in [0.4, 0.5) is 0 Å². The predicted molar refractivity (Wildman–Crippen MR) is 108 cm³/mol. The number of para-hydroxylation sites is 1. The zero-order valence-electron chi connectivity index (χ0n) is 14.9. The Bertz CT molecular complexity index is 673. The van der Waals surface area contributed by atoms with Crippen LogP contribution in [-0.4, -0.2) is 32.1 Å². The third-order valence-electron chi connectivity index (χ3n) is 4.55. The Balaban J connectivity index is 0.00000243. The van der Waals surface area contributed by atoms with Crippen molar-refractivity contribution >= 4 is 18.3 Å². The summed E-state index contributed by atoms with van der Waals surface area (Å²) in [6.45, 7) is 3.24. The van der Waals surface area contributed by atoms with E-state index in [2.05, 4.69) is 22.8 Å². The lowest BCUT2D eigenvalue weighted by Gasteiger charge is -2.22. The van der Waals surface area contributed by atoms with Crippen molar-refractivity contribution in [3.63, 3.8) is 0 Å². The number of benzene rings is 2. The highest BCUT2D eigenvalue weighted by molar-refractivity contribution is 5.85. The molecule has 0 radical (unpaired) electrons. The van der Waals surface area contributed by atoms with Gasteiger partial charge in [0.25, 0.3) is 0 Å². The first kappa shape index (κ1) is 20.3. The first-order valence-corrected chi connectivity index (χ1v) is 9.07. The molecule has 0 saturated carbocycles. The summed E-state index contributed by atoms with van der Waals surface area (Å²) in [4.78, 5) is 12.0. The number of rotatable bonds is 7. The van der Waals surface area contributed by atoms with Gasteiger partial charge in [-0.05, 0) is 43.5 Å². The topological polar surface area (TPSA) is 50.4 Å². The van der Waals surface area contributed by atoms with Gasteiger partial charge in [0, 0.05) is 12.1 Å². The molecule has 1 heterocycles. The minimum atomic E-state index is 0. The predicted octanol–water partition coefficient (Wildman–Crippen LogP) is 3.66. The maximum atomic E-state index is 12.0. The molecule has 2 aromatic rings. The van der Waals surface area contributed by atoms with Gasteiger partial charge in [0.1, 0.15) is 5.75 Å². The van der Waals surface area contributed by atoms with Crippen molar-refractivity contribution in [3.05, 3.63) is 54.6 Å². The molecule has 2 N–H and O–H groups in total. The Kier molecular flexibility index (Phi) is 8.45. The van der Waals surface area contributed by atoms with E-state index in [0.717, 1.165) is 36.5 Å². The molecule has 0 aromatic heterocycles. The lowest BCUT2D eigenvalue weighted by atomic mass is 10.00. The number of nitrogens with one attached hydrogen (secondary N) is 2. The van der Waals surface area contributed by atoms with E-state index < -0.39 is 0 Å². The van der Waals surface area contributed by atoms with Gasteiger partial charge in [-0.1, -0.05) is 48.5 Å². The van der Waals surface area contributed by atoms with Gasteiger partial charge in [-0.3, -0.25) is 4.79 Å². The van der Waals surface area contributed by atoms with E-state index in [0.29, 0.717) is 18.9 Å². The van der Waals surface area contributed by atoms with Gasteiger partial charge in [0.15, 0.2) is 0 Å². The maximum absolute atomic E-state index is 12.0. The van der Waals surface area contributed by atoms with Crippen LogP contribution in [0.15, 0.2) is 54.6 Å². The van der Waals surface area contributed by atoms with Crippen molar-refractivity contribution in [1.82, 2.24) is 10.6 Å². The number of hydrogen-bond donors (Lipinski definition) is 2. The zero-order valence-corrected chi connectivity index (χ0v) is 15.8. The van der Waals surface area contributed by atoms with Crippen LogP contribution < -0.4 is 15.4 Å². The van der Waals surface area contributed by atoms with E-state index in [9.17, 15) is 4.79 Å². The molecule has 1 amide bonds. The Hall–Kier alpha value is -2.04. The van der Waals surface area contributed by atoms with Crippen molar-refractivity contribution in [2.24, 2.45) is 5.92 Å². The molecular weight excluding hydrogens is 348 g/mol. The van der Waals surface area contributed by atoms with Gasteiger partial charge < -0.3 is 15.4 Å². The molecule has 1 aliphatic rings. The monoisotopic (exact) mass is 374 g/mol. The minimum Gasteiger partial charge on any atom is -0.492 e. The molecule has 0 aliphatic carbocycles. The first-order chi connectivity index (χ1) is 12.3. The molecule has 3 rings (SSSR count). The van der Waals surface area contributed by atoms with Crippen LogP contribution >= 0.6 is 12.4 Å². The van der Waals surface area contributed by atoms with Gasteiger partial charge in [0.2, 0.25) is 5.91 Å². The highest BCUT2D eigenvalue weighted by atomic mass is 35.5. The summed E-state index contributed by atoms with van der Waals surface area (Å²) in [6, 6.07) is 18.1. The summed E-state index contributed by atoms with van der Waals surface area (Å²) in [5.41, 5.74) is 2.17. The van der Waals surface area contributed by atoms with Crippen LogP contribution in [0.2, 0.25) is 0 Å². The molecule has 1 saturated heterocycles. The molecule has 140 valence electrons. The maximum Gasteiger partial charge on any atom is 0.223 e. The fourth-order valence-corrected chi connectivity index (χ4v) is 3.15. The van der Waals surface area contributed by atoms with Crippen LogP contribution in [0.5, 0.6) is 5.75 Å². The second-order valence-corrected chi connectivity index (χ2v) is 6.48. The third kappa shape index (κ3) is 6.04. The smallest absolute Gasteiger partial charge is 0.223 e. The van der Waals surface area contributed by atoms with Crippen molar-refractivity contribution in [3.8, 4) is 16.9 Å². The Morgan fingerprint density at radius 3 is 2.65 bits per heavy atom. The van der Waals surface area contributed by atoms with Gasteiger partial charge in [-0.15, -0.1) is 12.4 Å². The van der Waals surface area contributed by atoms with E-state index in [1.807, 2.05) is 42.5 Å². The van der Waals surface area contributed by atoms with Gasteiger partial charge >= 0.3 is 0 Å².